The molecular weight excluding hydrogens is 360 g/mol. The highest BCUT2D eigenvalue weighted by atomic mass is 79.9. The normalized spacial score (nSPS) is 20.2. The lowest BCUT2D eigenvalue weighted by Crippen LogP contribution is -2.51. The van der Waals surface area contributed by atoms with E-state index in [1.54, 1.807) is 0 Å². The first-order valence-corrected chi connectivity index (χ1v) is 8.71. The van der Waals surface area contributed by atoms with Gasteiger partial charge in [-0.15, -0.1) is 0 Å². The molecule has 1 unspecified atom stereocenters. The van der Waals surface area contributed by atoms with Crippen molar-refractivity contribution in [3.05, 3.63) is 28.2 Å². The molecule has 1 aromatic carbocycles. The van der Waals surface area contributed by atoms with Crippen LogP contribution in [0.1, 0.15) is 17.3 Å². The van der Waals surface area contributed by atoms with Gasteiger partial charge in [-0.05, 0) is 41.1 Å². The van der Waals surface area contributed by atoms with Crippen LogP contribution in [0.3, 0.4) is 0 Å². The molecule has 1 aliphatic rings. The molecule has 1 fully saturated rings. The van der Waals surface area contributed by atoms with E-state index in [0.29, 0.717) is 29.7 Å². The molecule has 1 aliphatic heterocycles. The molecule has 0 radical (unpaired) electrons. The number of ether oxygens (including phenoxy) is 1. The highest BCUT2D eigenvalue weighted by Crippen LogP contribution is 2.27. The van der Waals surface area contributed by atoms with Gasteiger partial charge < -0.3 is 10.1 Å². The number of hydrogen-bond acceptors (Lipinski definition) is 5. The van der Waals surface area contributed by atoms with E-state index < -0.39 is 16.0 Å². The summed E-state index contributed by atoms with van der Waals surface area (Å²) in [5.74, 6) is -0.504. The molecule has 1 aromatic rings. The molecule has 1 heterocycles. The quantitative estimate of drug-likeness (QED) is 0.802. The summed E-state index contributed by atoms with van der Waals surface area (Å²) < 4.78 is 31.7. The first kappa shape index (κ1) is 16.4. The summed E-state index contributed by atoms with van der Waals surface area (Å²) >= 11 is 3.23. The second-order valence-electron chi connectivity index (χ2n) is 4.86. The van der Waals surface area contributed by atoms with Crippen LogP contribution in [0.15, 0.2) is 27.6 Å². The number of methoxy groups -OCH3 is 1. The van der Waals surface area contributed by atoms with Crippen LogP contribution in [0.25, 0.3) is 0 Å². The van der Waals surface area contributed by atoms with Crippen LogP contribution >= 0.6 is 15.9 Å². The summed E-state index contributed by atoms with van der Waals surface area (Å²) in [7, 11) is -2.30. The highest BCUT2D eigenvalue weighted by Gasteiger charge is 2.30. The first-order valence-electron chi connectivity index (χ1n) is 6.47. The van der Waals surface area contributed by atoms with Crippen molar-refractivity contribution < 1.29 is 17.9 Å². The fourth-order valence-electron chi connectivity index (χ4n) is 2.21. The van der Waals surface area contributed by atoms with Gasteiger partial charge in [-0.3, -0.25) is 0 Å². The largest absolute Gasteiger partial charge is 0.465 e. The molecule has 6 nitrogen and oxygen atoms in total. The summed E-state index contributed by atoms with van der Waals surface area (Å²) in [6.07, 6.45) is 0. The molecule has 2 rings (SSSR count). The number of benzene rings is 1. The van der Waals surface area contributed by atoms with Gasteiger partial charge in [-0.2, -0.15) is 4.31 Å². The smallest absolute Gasteiger partial charge is 0.337 e. The molecule has 21 heavy (non-hydrogen) atoms. The van der Waals surface area contributed by atoms with Crippen LogP contribution in [0.2, 0.25) is 0 Å². The van der Waals surface area contributed by atoms with E-state index in [1.807, 2.05) is 6.92 Å². The number of sulfonamides is 1. The van der Waals surface area contributed by atoms with Crippen LogP contribution < -0.4 is 5.32 Å². The van der Waals surface area contributed by atoms with Gasteiger partial charge in [-0.25, -0.2) is 13.2 Å². The number of rotatable bonds is 3. The van der Waals surface area contributed by atoms with Crippen LogP contribution in [0, 0.1) is 0 Å². The number of hydrogen-bond donors (Lipinski definition) is 1. The molecule has 1 saturated heterocycles. The molecule has 0 spiro atoms. The van der Waals surface area contributed by atoms with E-state index in [9.17, 15) is 13.2 Å². The van der Waals surface area contributed by atoms with Gasteiger partial charge in [0.1, 0.15) is 0 Å². The second-order valence-corrected chi connectivity index (χ2v) is 7.62. The topological polar surface area (TPSA) is 75.7 Å². The zero-order chi connectivity index (χ0) is 15.6. The number of esters is 1. The van der Waals surface area contributed by atoms with Crippen molar-refractivity contribution in [2.24, 2.45) is 0 Å². The van der Waals surface area contributed by atoms with Gasteiger partial charge in [0.2, 0.25) is 10.0 Å². The lowest BCUT2D eigenvalue weighted by atomic mass is 10.2. The van der Waals surface area contributed by atoms with Crippen LogP contribution in [-0.2, 0) is 14.8 Å². The number of nitrogens with zero attached hydrogens (tertiary/aromatic N) is 1. The molecule has 116 valence electrons. The zero-order valence-electron chi connectivity index (χ0n) is 11.8. The maximum Gasteiger partial charge on any atom is 0.337 e. The molecule has 1 atom stereocenters. The Hall–Kier alpha value is -0.960. The first-order chi connectivity index (χ1) is 9.86. The van der Waals surface area contributed by atoms with Gasteiger partial charge in [0.25, 0.3) is 0 Å². The Kier molecular flexibility index (Phi) is 5.03. The Bertz CT molecular complexity index is 648. The van der Waals surface area contributed by atoms with Gasteiger partial charge in [0.15, 0.2) is 0 Å². The molecule has 1 N–H and O–H groups in total. The number of halogens is 1. The summed E-state index contributed by atoms with van der Waals surface area (Å²) in [6.45, 7) is 3.42. The minimum atomic E-state index is -3.58. The fourth-order valence-corrected chi connectivity index (χ4v) is 4.78. The lowest BCUT2D eigenvalue weighted by molar-refractivity contribution is 0.0600. The van der Waals surface area contributed by atoms with Crippen LogP contribution in [-0.4, -0.2) is 51.5 Å². The van der Waals surface area contributed by atoms with E-state index in [2.05, 4.69) is 26.0 Å². The summed E-state index contributed by atoms with van der Waals surface area (Å²) in [5, 5.41) is 3.20. The molecule has 0 aromatic heterocycles. The standard InChI is InChI=1S/C13H17BrN2O4S/c1-9-8-16(6-5-15-9)21(18,19)12-4-3-10(7-11(12)14)13(17)20-2/h3-4,7,9,15H,5-6,8H2,1-2H3. The van der Waals surface area contributed by atoms with Gasteiger partial charge in [0.05, 0.1) is 17.6 Å². The van der Waals surface area contributed by atoms with E-state index in [-0.39, 0.29) is 10.9 Å². The van der Waals surface area contributed by atoms with Crippen molar-refractivity contribution in [2.45, 2.75) is 17.9 Å². The Labute approximate surface area is 132 Å². The third kappa shape index (κ3) is 3.45. The van der Waals surface area contributed by atoms with Gasteiger partial charge in [-0.1, -0.05) is 0 Å². The summed E-state index contributed by atoms with van der Waals surface area (Å²) in [4.78, 5) is 11.6. The molecule has 0 amide bonds. The number of carbonyl (C=O) groups excluding carboxylic acids is 1. The van der Waals surface area contributed by atoms with Crippen LogP contribution in [0.5, 0.6) is 0 Å². The second kappa shape index (κ2) is 6.43. The predicted octanol–water partition coefficient (Wildman–Crippen LogP) is 1.22. The number of carbonyl (C=O) groups is 1. The van der Waals surface area contributed by atoms with Gasteiger partial charge in [0, 0.05) is 30.1 Å². The number of piperazine rings is 1. The molecular formula is C13H17BrN2O4S. The van der Waals surface area contributed by atoms with E-state index in [4.69, 9.17) is 0 Å². The molecule has 0 saturated carbocycles. The lowest BCUT2D eigenvalue weighted by Gasteiger charge is -2.31. The third-order valence-corrected chi connectivity index (χ3v) is 6.14. The third-order valence-electron chi connectivity index (χ3n) is 3.30. The Morgan fingerprint density at radius 2 is 2.19 bits per heavy atom. The maximum absolute atomic E-state index is 12.7. The average Bonchev–Trinajstić information content (AvgIpc) is 2.46. The zero-order valence-corrected chi connectivity index (χ0v) is 14.2. The molecule has 0 aliphatic carbocycles. The van der Waals surface area contributed by atoms with Crippen LogP contribution in [0.4, 0.5) is 0 Å². The van der Waals surface area contributed by atoms with E-state index in [1.165, 1.54) is 29.6 Å². The van der Waals surface area contributed by atoms with Crippen molar-refractivity contribution in [3.8, 4) is 0 Å². The van der Waals surface area contributed by atoms with Crippen molar-refractivity contribution in [3.63, 3.8) is 0 Å². The summed E-state index contributed by atoms with van der Waals surface area (Å²) in [5.41, 5.74) is 0.303. The molecule has 8 heteroatoms. The average molecular weight is 377 g/mol. The van der Waals surface area contributed by atoms with Crippen molar-refractivity contribution in [1.29, 1.82) is 0 Å². The minimum Gasteiger partial charge on any atom is -0.465 e. The van der Waals surface area contributed by atoms with Crippen molar-refractivity contribution in [2.75, 3.05) is 26.7 Å². The van der Waals surface area contributed by atoms with Crippen molar-refractivity contribution >= 4 is 31.9 Å². The molecule has 0 bridgehead atoms. The Morgan fingerprint density at radius 3 is 2.76 bits per heavy atom. The SMILES string of the molecule is COC(=O)c1ccc(S(=O)(=O)N2CCNC(C)C2)c(Br)c1. The van der Waals surface area contributed by atoms with E-state index in [0.717, 1.165) is 0 Å². The van der Waals surface area contributed by atoms with E-state index >= 15 is 0 Å². The minimum absolute atomic E-state index is 0.113. The maximum atomic E-state index is 12.7. The highest BCUT2D eigenvalue weighted by molar-refractivity contribution is 9.10. The predicted molar refractivity (Wildman–Crippen MR) is 81.7 cm³/mol. The monoisotopic (exact) mass is 376 g/mol. The Morgan fingerprint density at radius 1 is 1.48 bits per heavy atom. The summed E-state index contributed by atoms with van der Waals surface area (Å²) in [6, 6.07) is 4.46. The Balaban J connectivity index is 2.34. The number of nitrogens with one attached hydrogen (secondary N) is 1. The van der Waals surface area contributed by atoms with Gasteiger partial charge >= 0.3 is 5.97 Å². The fraction of sp³-hybridized carbons (Fsp3) is 0.462. The van der Waals surface area contributed by atoms with Crippen molar-refractivity contribution in [1.82, 2.24) is 9.62 Å².